The standard InChI is InChI=1S/C19H23NO/c1-14(2)15-6-5-7-17(12-15)20-13-16-10-11-21-19-9-4-3-8-18(16)19/h3-9,12,14,16,20H,10-11,13H2,1-2H3. The highest BCUT2D eigenvalue weighted by Crippen LogP contribution is 2.33. The fourth-order valence-corrected chi connectivity index (χ4v) is 2.88. The molecule has 1 aliphatic heterocycles. The van der Waals surface area contributed by atoms with Gasteiger partial charge in [-0.2, -0.15) is 0 Å². The van der Waals surface area contributed by atoms with Crippen molar-refractivity contribution < 1.29 is 4.74 Å². The number of anilines is 1. The quantitative estimate of drug-likeness (QED) is 0.870. The summed E-state index contributed by atoms with van der Waals surface area (Å²) >= 11 is 0. The molecule has 0 amide bonds. The molecule has 1 N–H and O–H groups in total. The van der Waals surface area contributed by atoms with E-state index in [1.165, 1.54) is 16.8 Å². The molecule has 21 heavy (non-hydrogen) atoms. The molecule has 0 bridgehead atoms. The van der Waals surface area contributed by atoms with E-state index in [0.29, 0.717) is 11.8 Å². The zero-order chi connectivity index (χ0) is 14.7. The van der Waals surface area contributed by atoms with Crippen LogP contribution in [-0.2, 0) is 0 Å². The zero-order valence-electron chi connectivity index (χ0n) is 12.8. The number of rotatable bonds is 4. The third-order valence-electron chi connectivity index (χ3n) is 4.19. The first kappa shape index (κ1) is 14.0. The highest BCUT2D eigenvalue weighted by Gasteiger charge is 2.20. The van der Waals surface area contributed by atoms with Gasteiger partial charge in [0.25, 0.3) is 0 Å². The van der Waals surface area contributed by atoms with Crippen LogP contribution in [0.4, 0.5) is 5.69 Å². The maximum atomic E-state index is 5.73. The van der Waals surface area contributed by atoms with Crippen LogP contribution in [0.15, 0.2) is 48.5 Å². The van der Waals surface area contributed by atoms with Crippen molar-refractivity contribution in [3.63, 3.8) is 0 Å². The summed E-state index contributed by atoms with van der Waals surface area (Å²) in [5, 5.41) is 3.59. The third-order valence-corrected chi connectivity index (χ3v) is 4.19. The predicted molar refractivity (Wildman–Crippen MR) is 88.3 cm³/mol. The molecule has 2 heteroatoms. The number of benzene rings is 2. The highest BCUT2D eigenvalue weighted by molar-refractivity contribution is 5.47. The summed E-state index contributed by atoms with van der Waals surface area (Å²) in [6.07, 6.45) is 1.08. The van der Waals surface area contributed by atoms with Gasteiger partial charge in [-0.15, -0.1) is 0 Å². The summed E-state index contributed by atoms with van der Waals surface area (Å²) in [5.41, 5.74) is 3.92. The Bertz CT molecular complexity index is 606. The molecule has 0 fully saturated rings. The van der Waals surface area contributed by atoms with Gasteiger partial charge in [0.2, 0.25) is 0 Å². The molecular weight excluding hydrogens is 258 g/mol. The zero-order valence-corrected chi connectivity index (χ0v) is 12.8. The summed E-state index contributed by atoms with van der Waals surface area (Å²) in [5.74, 6) is 2.14. The minimum Gasteiger partial charge on any atom is -0.493 e. The van der Waals surface area contributed by atoms with Gasteiger partial charge in [-0.1, -0.05) is 44.2 Å². The maximum Gasteiger partial charge on any atom is 0.122 e. The molecule has 1 unspecified atom stereocenters. The Kier molecular flexibility index (Phi) is 4.14. The van der Waals surface area contributed by atoms with Gasteiger partial charge in [0.15, 0.2) is 0 Å². The van der Waals surface area contributed by atoms with E-state index in [1.54, 1.807) is 0 Å². The SMILES string of the molecule is CC(C)c1cccc(NCC2CCOc3ccccc32)c1. The highest BCUT2D eigenvalue weighted by atomic mass is 16.5. The van der Waals surface area contributed by atoms with E-state index >= 15 is 0 Å². The lowest BCUT2D eigenvalue weighted by Crippen LogP contribution is -2.20. The van der Waals surface area contributed by atoms with Crippen LogP contribution in [-0.4, -0.2) is 13.2 Å². The first-order valence-electron chi connectivity index (χ1n) is 7.79. The van der Waals surface area contributed by atoms with E-state index < -0.39 is 0 Å². The van der Waals surface area contributed by atoms with Crippen molar-refractivity contribution in [2.45, 2.75) is 32.1 Å². The van der Waals surface area contributed by atoms with E-state index in [-0.39, 0.29) is 0 Å². The van der Waals surface area contributed by atoms with Crippen LogP contribution >= 0.6 is 0 Å². The fraction of sp³-hybridized carbons (Fsp3) is 0.368. The van der Waals surface area contributed by atoms with Crippen LogP contribution in [0.2, 0.25) is 0 Å². The number of fused-ring (bicyclic) bond motifs is 1. The molecule has 0 aliphatic carbocycles. The van der Waals surface area contributed by atoms with E-state index in [2.05, 4.69) is 61.6 Å². The van der Waals surface area contributed by atoms with Crippen molar-refractivity contribution in [2.75, 3.05) is 18.5 Å². The Morgan fingerprint density at radius 1 is 1.14 bits per heavy atom. The number of hydrogen-bond donors (Lipinski definition) is 1. The van der Waals surface area contributed by atoms with Crippen LogP contribution in [0.5, 0.6) is 5.75 Å². The van der Waals surface area contributed by atoms with Crippen molar-refractivity contribution in [1.82, 2.24) is 0 Å². The first-order chi connectivity index (χ1) is 10.2. The van der Waals surface area contributed by atoms with Crippen molar-refractivity contribution in [3.05, 3.63) is 59.7 Å². The summed E-state index contributed by atoms with van der Waals surface area (Å²) in [4.78, 5) is 0. The first-order valence-corrected chi connectivity index (χ1v) is 7.79. The molecule has 110 valence electrons. The van der Waals surface area contributed by atoms with Gasteiger partial charge in [0.05, 0.1) is 6.61 Å². The smallest absolute Gasteiger partial charge is 0.122 e. The minimum absolute atomic E-state index is 0.526. The van der Waals surface area contributed by atoms with Crippen molar-refractivity contribution >= 4 is 5.69 Å². The van der Waals surface area contributed by atoms with Crippen LogP contribution in [0.25, 0.3) is 0 Å². The Morgan fingerprint density at radius 2 is 2.00 bits per heavy atom. The second kappa shape index (κ2) is 6.21. The molecule has 0 saturated carbocycles. The second-order valence-corrected chi connectivity index (χ2v) is 6.03. The topological polar surface area (TPSA) is 21.3 Å². The Morgan fingerprint density at radius 3 is 2.86 bits per heavy atom. The summed E-state index contributed by atoms with van der Waals surface area (Å²) in [6, 6.07) is 17.1. The van der Waals surface area contributed by atoms with E-state index in [9.17, 15) is 0 Å². The van der Waals surface area contributed by atoms with E-state index in [0.717, 1.165) is 25.3 Å². The normalized spacial score (nSPS) is 17.2. The van der Waals surface area contributed by atoms with Gasteiger partial charge >= 0.3 is 0 Å². The lowest BCUT2D eigenvalue weighted by Gasteiger charge is -2.26. The number of nitrogens with one attached hydrogen (secondary N) is 1. The molecule has 0 aromatic heterocycles. The summed E-state index contributed by atoms with van der Waals surface area (Å²) < 4.78 is 5.73. The van der Waals surface area contributed by atoms with Gasteiger partial charge in [0.1, 0.15) is 5.75 Å². The van der Waals surface area contributed by atoms with Gasteiger partial charge < -0.3 is 10.1 Å². The predicted octanol–water partition coefficient (Wildman–Crippen LogP) is 4.79. The second-order valence-electron chi connectivity index (χ2n) is 6.03. The van der Waals surface area contributed by atoms with Gasteiger partial charge in [0, 0.05) is 18.2 Å². The molecule has 1 heterocycles. The lowest BCUT2D eigenvalue weighted by molar-refractivity contribution is 0.270. The number of para-hydroxylation sites is 1. The van der Waals surface area contributed by atoms with Crippen molar-refractivity contribution in [1.29, 1.82) is 0 Å². The molecule has 0 radical (unpaired) electrons. The molecule has 0 saturated heterocycles. The average molecular weight is 281 g/mol. The lowest BCUT2D eigenvalue weighted by atomic mass is 9.93. The minimum atomic E-state index is 0.526. The monoisotopic (exact) mass is 281 g/mol. The van der Waals surface area contributed by atoms with Gasteiger partial charge in [-0.3, -0.25) is 0 Å². The largest absolute Gasteiger partial charge is 0.493 e. The third kappa shape index (κ3) is 3.21. The average Bonchev–Trinajstić information content (AvgIpc) is 2.53. The molecule has 2 aromatic carbocycles. The summed E-state index contributed by atoms with van der Waals surface area (Å²) in [7, 11) is 0. The molecule has 1 atom stereocenters. The van der Waals surface area contributed by atoms with Gasteiger partial charge in [-0.05, 0) is 41.7 Å². The number of ether oxygens (including phenoxy) is 1. The van der Waals surface area contributed by atoms with Crippen LogP contribution in [0.1, 0.15) is 43.2 Å². The number of hydrogen-bond acceptors (Lipinski definition) is 2. The van der Waals surface area contributed by atoms with Crippen LogP contribution < -0.4 is 10.1 Å². The summed E-state index contributed by atoms with van der Waals surface area (Å²) in [6.45, 7) is 6.24. The van der Waals surface area contributed by atoms with Crippen molar-refractivity contribution in [3.8, 4) is 5.75 Å². The van der Waals surface area contributed by atoms with Crippen molar-refractivity contribution in [2.24, 2.45) is 0 Å². The molecule has 1 aliphatic rings. The van der Waals surface area contributed by atoms with E-state index in [4.69, 9.17) is 4.74 Å². The van der Waals surface area contributed by atoms with E-state index in [1.807, 2.05) is 6.07 Å². The molecular formula is C19H23NO. The van der Waals surface area contributed by atoms with Gasteiger partial charge in [-0.25, -0.2) is 0 Å². The molecule has 0 spiro atoms. The Labute approximate surface area is 127 Å². The Balaban J connectivity index is 1.70. The fourth-order valence-electron chi connectivity index (χ4n) is 2.88. The molecule has 2 nitrogen and oxygen atoms in total. The van der Waals surface area contributed by atoms with Crippen LogP contribution in [0, 0.1) is 0 Å². The molecule has 3 rings (SSSR count). The Hall–Kier alpha value is -1.96. The maximum absolute atomic E-state index is 5.73. The molecule has 2 aromatic rings. The van der Waals surface area contributed by atoms with Crippen LogP contribution in [0.3, 0.4) is 0 Å².